The van der Waals surface area contributed by atoms with Crippen LogP contribution in [0.5, 0.6) is 0 Å². The standard InChI is InChI=1S/C21H22FN3O2/c1-20(2,3)27-19(26)14-10-17-16(12-23)18(13-5-4-6-15(22)9-13)24-25(17)21(11-14)7-8-21/h4-6,9,14H,7-8,10-11H2,1-3H3. The Bertz CT molecular complexity index is 961. The summed E-state index contributed by atoms with van der Waals surface area (Å²) in [5.41, 5.74) is 1.50. The van der Waals surface area contributed by atoms with Gasteiger partial charge in [-0.15, -0.1) is 0 Å². The maximum atomic E-state index is 13.7. The summed E-state index contributed by atoms with van der Waals surface area (Å²) in [6, 6.07) is 8.36. The highest BCUT2D eigenvalue weighted by Gasteiger charge is 2.53. The van der Waals surface area contributed by atoms with Crippen LogP contribution in [-0.4, -0.2) is 21.4 Å². The van der Waals surface area contributed by atoms with Gasteiger partial charge in [0.1, 0.15) is 28.7 Å². The zero-order valence-corrected chi connectivity index (χ0v) is 15.8. The molecule has 0 bridgehead atoms. The van der Waals surface area contributed by atoms with Crippen molar-refractivity contribution in [3.63, 3.8) is 0 Å². The number of hydrogen-bond donors (Lipinski definition) is 0. The summed E-state index contributed by atoms with van der Waals surface area (Å²) in [4.78, 5) is 12.7. The highest BCUT2D eigenvalue weighted by molar-refractivity contribution is 5.75. The van der Waals surface area contributed by atoms with E-state index in [2.05, 4.69) is 6.07 Å². The van der Waals surface area contributed by atoms with Crippen LogP contribution in [0.1, 0.15) is 51.3 Å². The Hall–Kier alpha value is -2.68. The highest BCUT2D eigenvalue weighted by atomic mass is 19.1. The van der Waals surface area contributed by atoms with Crippen LogP contribution < -0.4 is 0 Å². The molecule has 0 N–H and O–H groups in total. The molecule has 1 unspecified atom stereocenters. The Labute approximate surface area is 157 Å². The molecule has 4 rings (SSSR count). The summed E-state index contributed by atoms with van der Waals surface area (Å²) in [5, 5.41) is 14.5. The van der Waals surface area contributed by atoms with Crippen LogP contribution in [-0.2, 0) is 21.5 Å². The molecule has 1 aliphatic carbocycles. The summed E-state index contributed by atoms with van der Waals surface area (Å²) in [7, 11) is 0. The van der Waals surface area contributed by atoms with Gasteiger partial charge in [-0.3, -0.25) is 9.48 Å². The molecule has 1 atom stereocenters. The van der Waals surface area contributed by atoms with E-state index in [9.17, 15) is 14.4 Å². The van der Waals surface area contributed by atoms with E-state index >= 15 is 0 Å². The van der Waals surface area contributed by atoms with Crippen molar-refractivity contribution in [3.8, 4) is 17.3 Å². The second kappa shape index (κ2) is 5.91. The lowest BCUT2D eigenvalue weighted by molar-refractivity contribution is -0.161. The van der Waals surface area contributed by atoms with Gasteiger partial charge >= 0.3 is 5.97 Å². The molecular formula is C21H22FN3O2. The largest absolute Gasteiger partial charge is 0.460 e. The maximum Gasteiger partial charge on any atom is 0.309 e. The SMILES string of the molecule is CC(C)(C)OC(=O)C1Cc2c(C#N)c(-c3cccc(F)c3)nn2C2(CC2)C1. The third-order valence-corrected chi connectivity index (χ3v) is 5.27. The number of aromatic nitrogens is 2. The van der Waals surface area contributed by atoms with Crippen LogP contribution in [0.2, 0.25) is 0 Å². The van der Waals surface area contributed by atoms with Gasteiger partial charge < -0.3 is 4.74 Å². The van der Waals surface area contributed by atoms with Crippen LogP contribution in [0.4, 0.5) is 4.39 Å². The lowest BCUT2D eigenvalue weighted by Crippen LogP contribution is -2.38. The Morgan fingerprint density at radius 2 is 2.15 bits per heavy atom. The fourth-order valence-corrected chi connectivity index (χ4v) is 3.95. The van der Waals surface area contributed by atoms with Crippen molar-refractivity contribution in [2.24, 2.45) is 5.92 Å². The third kappa shape index (κ3) is 3.12. The molecule has 0 radical (unpaired) electrons. The molecule has 1 aromatic carbocycles. The van der Waals surface area contributed by atoms with Crippen LogP contribution in [0.25, 0.3) is 11.3 Å². The number of carbonyl (C=O) groups excluding carboxylic acids is 1. The zero-order valence-electron chi connectivity index (χ0n) is 15.8. The Balaban J connectivity index is 1.76. The number of halogens is 1. The first-order valence-corrected chi connectivity index (χ1v) is 9.24. The quantitative estimate of drug-likeness (QED) is 0.754. The van der Waals surface area contributed by atoms with E-state index in [1.165, 1.54) is 12.1 Å². The van der Waals surface area contributed by atoms with Gasteiger partial charge in [-0.1, -0.05) is 12.1 Å². The van der Waals surface area contributed by atoms with Crippen molar-refractivity contribution in [2.75, 3.05) is 0 Å². The predicted octanol–water partition coefficient (Wildman–Crippen LogP) is 3.95. The topological polar surface area (TPSA) is 67.9 Å². The van der Waals surface area contributed by atoms with Gasteiger partial charge in [-0.25, -0.2) is 4.39 Å². The molecule has 2 heterocycles. The summed E-state index contributed by atoms with van der Waals surface area (Å²) in [6.45, 7) is 5.56. The van der Waals surface area contributed by atoms with Gasteiger partial charge in [0.05, 0.1) is 17.2 Å². The molecule has 0 amide bonds. The fraction of sp³-hybridized carbons (Fsp3) is 0.476. The van der Waals surface area contributed by atoms with Gasteiger partial charge in [-0.05, 0) is 52.2 Å². The average Bonchev–Trinajstić information content (AvgIpc) is 3.23. The average molecular weight is 367 g/mol. The van der Waals surface area contributed by atoms with Crippen LogP contribution in [0.3, 0.4) is 0 Å². The number of benzene rings is 1. The zero-order chi connectivity index (χ0) is 19.4. The minimum absolute atomic E-state index is 0.216. The molecule has 1 saturated carbocycles. The summed E-state index contributed by atoms with van der Waals surface area (Å²) >= 11 is 0. The predicted molar refractivity (Wildman–Crippen MR) is 97.2 cm³/mol. The Morgan fingerprint density at radius 3 is 2.74 bits per heavy atom. The minimum atomic E-state index is -0.545. The molecule has 5 nitrogen and oxygen atoms in total. The van der Waals surface area contributed by atoms with Crippen molar-refractivity contribution in [2.45, 2.75) is 57.6 Å². The first-order valence-electron chi connectivity index (χ1n) is 9.24. The van der Waals surface area contributed by atoms with Gasteiger partial charge in [0.2, 0.25) is 0 Å². The lowest BCUT2D eigenvalue weighted by atomic mass is 9.87. The smallest absolute Gasteiger partial charge is 0.309 e. The summed E-state index contributed by atoms with van der Waals surface area (Å²) in [6.07, 6.45) is 2.94. The van der Waals surface area contributed by atoms with E-state index in [0.29, 0.717) is 29.7 Å². The molecule has 140 valence electrons. The van der Waals surface area contributed by atoms with Gasteiger partial charge in [0.25, 0.3) is 0 Å². The van der Waals surface area contributed by atoms with E-state index in [1.807, 2.05) is 25.5 Å². The molecule has 6 heteroatoms. The van der Waals surface area contributed by atoms with Crippen LogP contribution in [0.15, 0.2) is 24.3 Å². The second-order valence-corrected chi connectivity index (χ2v) is 8.57. The lowest BCUT2D eigenvalue weighted by Gasteiger charge is -2.31. The van der Waals surface area contributed by atoms with Crippen molar-refractivity contribution in [3.05, 3.63) is 41.3 Å². The van der Waals surface area contributed by atoms with E-state index in [-0.39, 0.29) is 23.2 Å². The first-order chi connectivity index (χ1) is 12.7. The number of ether oxygens (including phenoxy) is 1. The molecule has 2 aliphatic rings. The van der Waals surface area contributed by atoms with Crippen molar-refractivity contribution < 1.29 is 13.9 Å². The molecule has 1 aliphatic heterocycles. The molecular weight excluding hydrogens is 345 g/mol. The van der Waals surface area contributed by atoms with Gasteiger partial charge in [-0.2, -0.15) is 10.4 Å². The van der Waals surface area contributed by atoms with Gasteiger partial charge in [0.15, 0.2) is 0 Å². The Morgan fingerprint density at radius 1 is 1.41 bits per heavy atom. The molecule has 1 spiro atoms. The monoisotopic (exact) mass is 367 g/mol. The van der Waals surface area contributed by atoms with Crippen LogP contribution >= 0.6 is 0 Å². The highest BCUT2D eigenvalue weighted by Crippen LogP contribution is 2.53. The van der Waals surface area contributed by atoms with E-state index < -0.39 is 5.60 Å². The van der Waals surface area contributed by atoms with Crippen molar-refractivity contribution in [1.82, 2.24) is 9.78 Å². The number of nitriles is 1. The minimum Gasteiger partial charge on any atom is -0.460 e. The van der Waals surface area contributed by atoms with E-state index in [4.69, 9.17) is 9.84 Å². The van der Waals surface area contributed by atoms with E-state index in [1.54, 1.807) is 12.1 Å². The number of esters is 1. The fourth-order valence-electron chi connectivity index (χ4n) is 3.95. The molecule has 1 aromatic heterocycles. The summed E-state index contributed by atoms with van der Waals surface area (Å²) in [5.74, 6) is -0.879. The van der Waals surface area contributed by atoms with Crippen LogP contribution in [0, 0.1) is 23.1 Å². The normalized spacial score (nSPS) is 20.0. The number of nitrogens with zero attached hydrogens (tertiary/aromatic N) is 3. The first kappa shape index (κ1) is 17.7. The number of carbonyl (C=O) groups is 1. The van der Waals surface area contributed by atoms with E-state index in [0.717, 1.165) is 18.5 Å². The molecule has 27 heavy (non-hydrogen) atoms. The summed E-state index contributed by atoms with van der Waals surface area (Å²) < 4.78 is 21.2. The maximum absolute atomic E-state index is 13.7. The third-order valence-electron chi connectivity index (χ3n) is 5.27. The van der Waals surface area contributed by atoms with Gasteiger partial charge in [0, 0.05) is 12.0 Å². The molecule has 1 fully saturated rings. The Kier molecular flexibility index (Phi) is 3.88. The molecule has 2 aromatic rings. The number of rotatable bonds is 2. The second-order valence-electron chi connectivity index (χ2n) is 8.57. The number of hydrogen-bond acceptors (Lipinski definition) is 4. The van der Waals surface area contributed by atoms with Crippen molar-refractivity contribution >= 4 is 5.97 Å². The number of fused-ring (bicyclic) bond motifs is 2. The van der Waals surface area contributed by atoms with Crippen molar-refractivity contribution in [1.29, 1.82) is 5.26 Å². The molecule has 0 saturated heterocycles.